The Morgan fingerprint density at radius 2 is 1.56 bits per heavy atom. The van der Waals surface area contributed by atoms with Crippen molar-refractivity contribution in [3.63, 3.8) is 0 Å². The maximum Gasteiger partial charge on any atom is 0.415 e. The molecule has 0 spiro atoms. The molecule has 0 aromatic rings. The molecule has 4 heteroatoms. The molecule has 9 heavy (non-hydrogen) atoms. The largest absolute Gasteiger partial charge is 0.415 e. The van der Waals surface area contributed by atoms with Gasteiger partial charge in [-0.2, -0.15) is 0 Å². The Hall–Kier alpha value is 0.0969. The second-order valence-electron chi connectivity index (χ2n) is 1.61. The van der Waals surface area contributed by atoms with Crippen LogP contribution in [-0.4, -0.2) is 36.3 Å². The standard InChI is InChI=1S/C5H13O3Si/c1-5(6-2)9(7-3)8-4/h5H,1-4H3. The first-order valence-corrected chi connectivity index (χ1v) is 4.13. The Morgan fingerprint density at radius 1 is 1.11 bits per heavy atom. The van der Waals surface area contributed by atoms with E-state index in [-0.39, 0.29) is 5.73 Å². The molecule has 0 saturated carbocycles. The van der Waals surface area contributed by atoms with Crippen molar-refractivity contribution >= 4 is 9.28 Å². The second kappa shape index (κ2) is 4.93. The average molecular weight is 149 g/mol. The number of ether oxygens (including phenoxy) is 1. The Morgan fingerprint density at radius 3 is 1.67 bits per heavy atom. The van der Waals surface area contributed by atoms with Gasteiger partial charge in [0.15, 0.2) is 0 Å². The van der Waals surface area contributed by atoms with E-state index in [9.17, 15) is 0 Å². The van der Waals surface area contributed by atoms with Gasteiger partial charge >= 0.3 is 9.28 Å². The number of rotatable bonds is 4. The van der Waals surface area contributed by atoms with Gasteiger partial charge in [0, 0.05) is 21.3 Å². The van der Waals surface area contributed by atoms with Crippen molar-refractivity contribution in [3.8, 4) is 0 Å². The van der Waals surface area contributed by atoms with Crippen LogP contribution in [0.3, 0.4) is 0 Å². The van der Waals surface area contributed by atoms with Crippen molar-refractivity contribution < 1.29 is 13.6 Å². The molecule has 0 aliphatic rings. The molecule has 0 aliphatic carbocycles. The molecular formula is C5H13O3Si. The van der Waals surface area contributed by atoms with E-state index >= 15 is 0 Å². The molecule has 0 amide bonds. The van der Waals surface area contributed by atoms with E-state index in [1.807, 2.05) is 6.92 Å². The van der Waals surface area contributed by atoms with Gasteiger partial charge < -0.3 is 13.6 Å². The van der Waals surface area contributed by atoms with E-state index in [0.29, 0.717) is 0 Å². The lowest BCUT2D eigenvalue weighted by atomic mass is 10.9. The normalized spacial score (nSPS) is 14.3. The molecule has 0 aromatic heterocycles. The van der Waals surface area contributed by atoms with Crippen LogP contribution in [0.1, 0.15) is 6.92 Å². The molecule has 0 fully saturated rings. The summed E-state index contributed by atoms with van der Waals surface area (Å²) in [5.74, 6) is 0. The molecule has 1 atom stereocenters. The summed E-state index contributed by atoms with van der Waals surface area (Å²) in [6, 6.07) is 0. The number of hydrogen-bond donors (Lipinski definition) is 0. The van der Waals surface area contributed by atoms with Crippen molar-refractivity contribution in [1.29, 1.82) is 0 Å². The molecule has 1 unspecified atom stereocenters. The van der Waals surface area contributed by atoms with Gasteiger partial charge in [0.1, 0.15) is 0 Å². The van der Waals surface area contributed by atoms with Crippen molar-refractivity contribution in [2.75, 3.05) is 21.3 Å². The van der Waals surface area contributed by atoms with Gasteiger partial charge in [-0.1, -0.05) is 0 Å². The van der Waals surface area contributed by atoms with Crippen molar-refractivity contribution in [2.45, 2.75) is 12.7 Å². The molecule has 0 bridgehead atoms. The highest BCUT2D eigenvalue weighted by atomic mass is 28.3. The van der Waals surface area contributed by atoms with E-state index < -0.39 is 9.28 Å². The summed E-state index contributed by atoms with van der Waals surface area (Å²) in [6.45, 7) is 1.93. The molecular weight excluding hydrogens is 136 g/mol. The summed E-state index contributed by atoms with van der Waals surface area (Å²) in [5.41, 5.74) is 0.0880. The maximum absolute atomic E-state index is 5.01. The molecule has 0 N–H and O–H groups in total. The quantitative estimate of drug-likeness (QED) is 0.539. The van der Waals surface area contributed by atoms with Gasteiger partial charge in [-0.25, -0.2) is 0 Å². The predicted octanol–water partition coefficient (Wildman–Crippen LogP) is 0.341. The summed E-state index contributed by atoms with van der Waals surface area (Å²) in [6.07, 6.45) is 0. The second-order valence-corrected chi connectivity index (χ2v) is 3.87. The van der Waals surface area contributed by atoms with Crippen LogP contribution in [0, 0.1) is 0 Å². The summed E-state index contributed by atoms with van der Waals surface area (Å²) in [5, 5.41) is 0. The predicted molar refractivity (Wildman–Crippen MR) is 36.2 cm³/mol. The van der Waals surface area contributed by atoms with E-state index in [1.54, 1.807) is 21.3 Å². The lowest BCUT2D eigenvalue weighted by Gasteiger charge is -2.14. The third kappa shape index (κ3) is 2.95. The zero-order valence-corrected chi connectivity index (χ0v) is 7.30. The van der Waals surface area contributed by atoms with E-state index in [0.717, 1.165) is 0 Å². The molecule has 0 aromatic carbocycles. The van der Waals surface area contributed by atoms with Crippen molar-refractivity contribution in [1.82, 2.24) is 0 Å². The van der Waals surface area contributed by atoms with Crippen molar-refractivity contribution in [2.24, 2.45) is 0 Å². The van der Waals surface area contributed by atoms with Gasteiger partial charge in [0.25, 0.3) is 0 Å². The lowest BCUT2D eigenvalue weighted by molar-refractivity contribution is 0.126. The molecule has 0 aliphatic heterocycles. The summed E-state index contributed by atoms with van der Waals surface area (Å²) in [7, 11) is 3.74. The highest BCUT2D eigenvalue weighted by Crippen LogP contribution is 1.95. The van der Waals surface area contributed by atoms with E-state index in [1.165, 1.54) is 0 Å². The summed E-state index contributed by atoms with van der Waals surface area (Å²) in [4.78, 5) is 0. The molecule has 3 nitrogen and oxygen atoms in total. The number of methoxy groups -OCH3 is 1. The average Bonchev–Trinajstić information content (AvgIpc) is 1.90. The highest BCUT2D eigenvalue weighted by Gasteiger charge is 2.20. The molecule has 0 heterocycles. The van der Waals surface area contributed by atoms with Crippen LogP contribution in [0.5, 0.6) is 0 Å². The smallest absolute Gasteiger partial charge is 0.395 e. The van der Waals surface area contributed by atoms with Crippen LogP contribution in [0.15, 0.2) is 0 Å². The summed E-state index contributed by atoms with van der Waals surface area (Å²) >= 11 is 0. The van der Waals surface area contributed by atoms with Crippen LogP contribution < -0.4 is 0 Å². The highest BCUT2D eigenvalue weighted by molar-refractivity contribution is 6.45. The lowest BCUT2D eigenvalue weighted by Crippen LogP contribution is -2.34. The van der Waals surface area contributed by atoms with E-state index in [2.05, 4.69) is 0 Å². The minimum atomic E-state index is -1.17. The van der Waals surface area contributed by atoms with E-state index in [4.69, 9.17) is 13.6 Å². The number of hydrogen-bond acceptors (Lipinski definition) is 3. The fraction of sp³-hybridized carbons (Fsp3) is 1.00. The third-order valence-electron chi connectivity index (χ3n) is 1.09. The first-order valence-electron chi connectivity index (χ1n) is 2.73. The zero-order valence-electron chi connectivity index (χ0n) is 6.30. The fourth-order valence-electron chi connectivity index (χ4n) is 0.511. The van der Waals surface area contributed by atoms with Crippen LogP contribution in [0.2, 0.25) is 0 Å². The van der Waals surface area contributed by atoms with Crippen LogP contribution in [0.4, 0.5) is 0 Å². The molecule has 55 valence electrons. The van der Waals surface area contributed by atoms with Crippen LogP contribution in [-0.2, 0) is 13.6 Å². The maximum atomic E-state index is 5.01. The minimum Gasteiger partial charge on any atom is -0.395 e. The molecule has 0 saturated heterocycles. The third-order valence-corrected chi connectivity index (χ3v) is 2.79. The topological polar surface area (TPSA) is 27.7 Å². The Labute approximate surface area is 57.8 Å². The van der Waals surface area contributed by atoms with Gasteiger partial charge in [0.05, 0.1) is 5.73 Å². The first kappa shape index (κ1) is 9.10. The molecule has 0 rings (SSSR count). The zero-order chi connectivity index (χ0) is 7.28. The SMILES string of the molecule is COC(C)[Si](OC)OC. The van der Waals surface area contributed by atoms with Gasteiger partial charge in [0.2, 0.25) is 0 Å². The van der Waals surface area contributed by atoms with Crippen molar-refractivity contribution in [3.05, 3.63) is 0 Å². The van der Waals surface area contributed by atoms with Gasteiger partial charge in [-0.05, 0) is 6.92 Å². The van der Waals surface area contributed by atoms with Gasteiger partial charge in [-0.15, -0.1) is 0 Å². The van der Waals surface area contributed by atoms with Gasteiger partial charge in [-0.3, -0.25) is 0 Å². The molecule has 1 radical (unpaired) electrons. The first-order chi connectivity index (χ1) is 4.26. The van der Waals surface area contributed by atoms with Crippen LogP contribution >= 0.6 is 0 Å². The fourth-order valence-corrected chi connectivity index (χ4v) is 1.53. The minimum absolute atomic E-state index is 0.0880. The monoisotopic (exact) mass is 149 g/mol. The Bertz CT molecular complexity index is 65.2. The van der Waals surface area contributed by atoms with Crippen LogP contribution in [0.25, 0.3) is 0 Å². The Kier molecular flexibility index (Phi) is 4.98. The Balaban J connectivity index is 3.50. The summed E-state index contributed by atoms with van der Waals surface area (Å²) < 4.78 is 15.0.